The molecule has 0 radical (unpaired) electrons. The molecule has 3 atom stereocenters. The number of nitro benzene ring substituents is 2. The fraction of sp³-hybridized carbons (Fsp3) is 0.302. The van der Waals surface area contributed by atoms with Gasteiger partial charge in [-0.2, -0.15) is 0 Å². The summed E-state index contributed by atoms with van der Waals surface area (Å²) >= 11 is 0. The van der Waals surface area contributed by atoms with Crippen molar-refractivity contribution >= 4 is 35.1 Å². The van der Waals surface area contributed by atoms with Crippen LogP contribution in [0.3, 0.4) is 0 Å². The summed E-state index contributed by atoms with van der Waals surface area (Å²) in [6.45, 7) is 8.97. The Balaban J connectivity index is 0.000000196. The first-order chi connectivity index (χ1) is 28.7. The lowest BCUT2D eigenvalue weighted by Crippen LogP contribution is -2.54. The number of methoxy groups -OCH3 is 1. The van der Waals surface area contributed by atoms with E-state index in [0.29, 0.717) is 35.4 Å². The molecule has 3 heterocycles. The molecular weight excluding hydrogens is 783 g/mol. The Morgan fingerprint density at radius 3 is 2.02 bits per heavy atom. The summed E-state index contributed by atoms with van der Waals surface area (Å²) in [6.07, 6.45) is 4.46. The molecule has 0 saturated carbocycles. The molecule has 0 aromatic heterocycles. The number of nitro groups is 2. The van der Waals surface area contributed by atoms with Gasteiger partial charge in [0.25, 0.3) is 11.6 Å². The number of ether oxygens (including phenoxy) is 1. The normalized spacial score (nSPS) is 18.4. The highest BCUT2D eigenvalue weighted by atomic mass is 19.1. The number of rotatable bonds is 9. The minimum absolute atomic E-state index is 0.0186. The molecule has 7 rings (SSSR count). The van der Waals surface area contributed by atoms with E-state index in [9.17, 15) is 38.6 Å². The Morgan fingerprint density at radius 1 is 0.883 bits per heavy atom. The quantitative estimate of drug-likeness (QED) is 0.0567. The van der Waals surface area contributed by atoms with Crippen molar-refractivity contribution in [3.05, 3.63) is 157 Å². The van der Waals surface area contributed by atoms with Crippen LogP contribution in [0.1, 0.15) is 80.3 Å². The predicted octanol–water partition coefficient (Wildman–Crippen LogP) is 8.46. The number of halogens is 2. The van der Waals surface area contributed by atoms with Gasteiger partial charge in [0.2, 0.25) is 11.5 Å². The number of amides is 2. The lowest BCUT2D eigenvalue weighted by Gasteiger charge is -2.40. The number of oxime groups is 2. The van der Waals surface area contributed by atoms with Gasteiger partial charge in [-0.1, -0.05) is 41.2 Å². The van der Waals surface area contributed by atoms with E-state index < -0.39 is 15.4 Å². The maximum absolute atomic E-state index is 13.4. The summed E-state index contributed by atoms with van der Waals surface area (Å²) in [5.74, 6) is -0.604. The van der Waals surface area contributed by atoms with Gasteiger partial charge in [0.05, 0.1) is 41.0 Å². The van der Waals surface area contributed by atoms with Crippen molar-refractivity contribution in [3.8, 4) is 5.75 Å². The third-order valence-electron chi connectivity index (χ3n) is 10.5. The van der Waals surface area contributed by atoms with Gasteiger partial charge in [-0.15, -0.1) is 0 Å². The first kappa shape index (κ1) is 44.1. The number of benzene rings is 4. The van der Waals surface area contributed by atoms with Crippen molar-refractivity contribution < 1.29 is 43.0 Å². The maximum atomic E-state index is 13.4. The molecule has 60 heavy (non-hydrogen) atoms. The topological polar surface area (TPSA) is 190 Å². The van der Waals surface area contributed by atoms with Crippen LogP contribution in [-0.4, -0.2) is 74.4 Å². The molecular formula is C43H44F2N6O9. The Bertz CT molecular complexity index is 2270. The maximum Gasteiger partial charge on any atom is 0.310 e. The number of carbonyl (C=O) groups is 2. The Kier molecular flexibility index (Phi) is 14.4. The molecule has 3 unspecified atom stereocenters. The van der Waals surface area contributed by atoms with Crippen molar-refractivity contribution in [2.45, 2.75) is 63.6 Å². The number of nitrogens with zero attached hydrogens (tertiary/aromatic N) is 6. The summed E-state index contributed by atoms with van der Waals surface area (Å²) in [7, 11) is 1.36. The fourth-order valence-electron chi connectivity index (χ4n) is 7.10. The minimum atomic E-state index is -1.10. The van der Waals surface area contributed by atoms with Crippen LogP contribution in [0.4, 0.5) is 20.2 Å². The number of hydrogen-bond acceptors (Lipinski definition) is 11. The summed E-state index contributed by atoms with van der Waals surface area (Å²) in [5.41, 5.74) is 3.00. The van der Waals surface area contributed by atoms with E-state index in [4.69, 9.17) is 14.8 Å². The molecule has 4 aromatic rings. The lowest BCUT2D eigenvalue weighted by molar-refractivity contribution is -0.385. The highest BCUT2D eigenvalue weighted by molar-refractivity contribution is 6.06. The summed E-state index contributed by atoms with van der Waals surface area (Å²) in [5, 5.41) is 36.4. The molecule has 1 N–H and O–H groups in total. The van der Waals surface area contributed by atoms with Crippen molar-refractivity contribution in [3.63, 3.8) is 0 Å². The van der Waals surface area contributed by atoms with Gasteiger partial charge in [-0.25, -0.2) is 8.78 Å². The van der Waals surface area contributed by atoms with Crippen LogP contribution in [0.25, 0.3) is 0 Å². The van der Waals surface area contributed by atoms with Gasteiger partial charge in [0, 0.05) is 55.3 Å². The molecule has 15 nitrogen and oxygen atoms in total. The average molecular weight is 827 g/mol. The average Bonchev–Trinajstić information content (AvgIpc) is 3.68. The van der Waals surface area contributed by atoms with Crippen molar-refractivity contribution in [2.75, 3.05) is 20.2 Å². The molecule has 2 amide bonds. The third-order valence-corrected chi connectivity index (χ3v) is 10.5. The van der Waals surface area contributed by atoms with E-state index in [-0.39, 0.29) is 59.1 Å². The van der Waals surface area contributed by atoms with E-state index >= 15 is 0 Å². The van der Waals surface area contributed by atoms with Gasteiger partial charge < -0.3 is 24.6 Å². The molecule has 0 bridgehead atoms. The first-order valence-electron chi connectivity index (χ1n) is 19.0. The fourth-order valence-corrected chi connectivity index (χ4v) is 7.10. The van der Waals surface area contributed by atoms with E-state index in [1.54, 1.807) is 40.1 Å². The van der Waals surface area contributed by atoms with Crippen molar-refractivity contribution in [1.29, 1.82) is 0 Å². The van der Waals surface area contributed by atoms with Gasteiger partial charge in [0.15, 0.2) is 5.75 Å². The van der Waals surface area contributed by atoms with E-state index in [1.807, 2.05) is 13.8 Å². The van der Waals surface area contributed by atoms with E-state index in [1.165, 1.54) is 74.0 Å². The SMILES string of the molecule is C=C1CCCN(C(C)c2ccc(F)cc2)C1=O.COc1cc(C2=NOC3(CCCN(C(C)c4ccc(F)cc4)C3=O)C2)ccc1[N+](=O)[O-].O=[N+]([O-])c1ccc(C=NO)cc1. The number of likely N-dealkylation sites (tertiary alicyclic amines) is 2. The van der Waals surface area contributed by atoms with Crippen molar-refractivity contribution in [2.24, 2.45) is 10.3 Å². The number of piperidine rings is 2. The smallest absolute Gasteiger partial charge is 0.310 e. The molecule has 4 aromatic carbocycles. The van der Waals surface area contributed by atoms with Crippen LogP contribution >= 0.6 is 0 Å². The largest absolute Gasteiger partial charge is 0.490 e. The van der Waals surface area contributed by atoms with E-state index in [2.05, 4.69) is 16.9 Å². The monoisotopic (exact) mass is 826 g/mol. The highest BCUT2D eigenvalue weighted by Crippen LogP contribution is 2.40. The lowest BCUT2D eigenvalue weighted by atomic mass is 9.84. The molecule has 2 fully saturated rings. The van der Waals surface area contributed by atoms with Gasteiger partial charge >= 0.3 is 5.69 Å². The second-order valence-corrected chi connectivity index (χ2v) is 14.3. The zero-order valence-electron chi connectivity index (χ0n) is 33.2. The predicted molar refractivity (Wildman–Crippen MR) is 218 cm³/mol. The Hall–Kier alpha value is -7.04. The molecule has 17 heteroatoms. The molecule has 3 aliphatic rings. The molecule has 314 valence electrons. The van der Waals surface area contributed by atoms with Gasteiger partial charge in [-0.3, -0.25) is 29.8 Å². The summed E-state index contributed by atoms with van der Waals surface area (Å²) < 4.78 is 31.2. The van der Waals surface area contributed by atoms with Crippen LogP contribution in [0, 0.1) is 31.9 Å². The summed E-state index contributed by atoms with van der Waals surface area (Å²) in [6, 6.07) is 22.3. The van der Waals surface area contributed by atoms with Crippen LogP contribution in [0.15, 0.2) is 113 Å². The number of hydrogen-bond donors (Lipinski definition) is 1. The molecule has 2 saturated heterocycles. The third kappa shape index (κ3) is 10.3. The van der Waals surface area contributed by atoms with Gasteiger partial charge in [-0.05, 0) is 98.3 Å². The number of carbonyl (C=O) groups excluding carboxylic acids is 2. The van der Waals surface area contributed by atoms with Crippen LogP contribution < -0.4 is 4.74 Å². The standard InChI is InChI=1S/C22H22FN3O5.C14H16FNO.C7H6N2O3/c1-14(15-4-7-17(23)8-5-15)25-11-3-10-22(21(25)27)13-18(24-31-22)16-6-9-19(26(28)29)20(12-16)30-2;1-10-4-3-9-16(14(10)17)11(2)12-5-7-13(15)8-6-12;10-8-5-6-1-3-7(4-2-6)9(11)12/h4-9,12,14H,3,10-11,13H2,1-2H3;5-8,11H,1,3-4,9H2,2H3;1-5,10H. The summed E-state index contributed by atoms with van der Waals surface area (Å²) in [4.78, 5) is 55.0. The molecule has 1 spiro atoms. The van der Waals surface area contributed by atoms with Crippen molar-refractivity contribution in [1.82, 2.24) is 9.80 Å². The Labute approximate surface area is 344 Å². The zero-order valence-corrected chi connectivity index (χ0v) is 33.2. The molecule has 0 aliphatic carbocycles. The van der Waals surface area contributed by atoms with E-state index in [0.717, 1.165) is 36.9 Å². The van der Waals surface area contributed by atoms with Crippen LogP contribution in [0.5, 0.6) is 5.75 Å². The zero-order chi connectivity index (χ0) is 43.6. The minimum Gasteiger partial charge on any atom is -0.490 e. The second-order valence-electron chi connectivity index (χ2n) is 14.3. The Morgan fingerprint density at radius 2 is 1.47 bits per heavy atom. The highest BCUT2D eigenvalue weighted by Gasteiger charge is 2.51. The van der Waals surface area contributed by atoms with Gasteiger partial charge in [0.1, 0.15) is 11.6 Å². The van der Waals surface area contributed by atoms with Crippen LogP contribution in [-0.2, 0) is 14.4 Å². The molecule has 3 aliphatic heterocycles. The second kappa shape index (κ2) is 19.6. The van der Waals surface area contributed by atoms with Crippen LogP contribution in [0.2, 0.25) is 0 Å². The first-order valence-corrected chi connectivity index (χ1v) is 19.0. The number of non-ortho nitro benzene ring substituents is 1.